The van der Waals surface area contributed by atoms with Crippen molar-refractivity contribution in [3.05, 3.63) is 34.5 Å². The third-order valence-corrected chi connectivity index (χ3v) is 6.09. The monoisotopic (exact) mass is 388 g/mol. The molecule has 0 spiro atoms. The molecular weight excluding hydrogens is 371 g/mol. The summed E-state index contributed by atoms with van der Waals surface area (Å²) >= 11 is 7.50. The SMILES string of the molecule is O=S(Nc1nccs1)c1cc(Cl)c(NCCC2CCNC2)cc1F. The fourth-order valence-corrected chi connectivity index (χ4v) is 4.46. The lowest BCUT2D eigenvalue weighted by molar-refractivity contribution is 0.549. The van der Waals surface area contributed by atoms with Crippen LogP contribution in [0.3, 0.4) is 0 Å². The largest absolute Gasteiger partial charge is 0.384 e. The van der Waals surface area contributed by atoms with E-state index in [-0.39, 0.29) is 4.90 Å². The van der Waals surface area contributed by atoms with Crippen LogP contribution in [-0.2, 0) is 11.0 Å². The van der Waals surface area contributed by atoms with Crippen LogP contribution in [0.2, 0.25) is 5.02 Å². The van der Waals surface area contributed by atoms with Crippen molar-refractivity contribution in [3.8, 4) is 0 Å². The number of benzene rings is 1. The maximum Gasteiger partial charge on any atom is 0.194 e. The number of halogens is 2. The molecule has 2 aromatic rings. The molecular formula is C15H18ClFN4OS2. The fraction of sp³-hybridized carbons (Fsp3) is 0.400. The summed E-state index contributed by atoms with van der Waals surface area (Å²) in [6.45, 7) is 2.82. The number of nitrogens with zero attached hydrogens (tertiary/aromatic N) is 1. The van der Waals surface area contributed by atoms with E-state index < -0.39 is 16.8 Å². The second-order valence-electron chi connectivity index (χ2n) is 5.54. The van der Waals surface area contributed by atoms with Gasteiger partial charge in [0.2, 0.25) is 0 Å². The van der Waals surface area contributed by atoms with Gasteiger partial charge in [0.1, 0.15) is 5.82 Å². The van der Waals surface area contributed by atoms with Crippen molar-refractivity contribution < 1.29 is 8.60 Å². The molecule has 0 radical (unpaired) electrons. The van der Waals surface area contributed by atoms with Crippen molar-refractivity contribution in [1.82, 2.24) is 10.3 Å². The number of rotatable bonds is 7. The Morgan fingerprint density at radius 2 is 2.38 bits per heavy atom. The molecule has 1 fully saturated rings. The average molecular weight is 389 g/mol. The first kappa shape index (κ1) is 17.6. The number of nitrogens with one attached hydrogen (secondary N) is 3. The van der Waals surface area contributed by atoms with Gasteiger partial charge in [0.05, 0.1) is 15.6 Å². The third kappa shape index (κ3) is 4.44. The first-order valence-electron chi connectivity index (χ1n) is 7.65. The Bertz CT molecular complexity index is 708. The van der Waals surface area contributed by atoms with Crippen molar-refractivity contribution in [2.24, 2.45) is 5.92 Å². The second-order valence-corrected chi connectivity index (χ2v) is 8.03. The van der Waals surface area contributed by atoms with Crippen LogP contribution in [0.4, 0.5) is 15.2 Å². The van der Waals surface area contributed by atoms with Crippen LogP contribution in [0.5, 0.6) is 0 Å². The van der Waals surface area contributed by atoms with Crippen LogP contribution in [0, 0.1) is 11.7 Å². The minimum Gasteiger partial charge on any atom is -0.384 e. The highest BCUT2D eigenvalue weighted by molar-refractivity contribution is 7.86. The molecule has 1 aliphatic rings. The van der Waals surface area contributed by atoms with Crippen LogP contribution in [0.1, 0.15) is 12.8 Å². The van der Waals surface area contributed by atoms with Crippen LogP contribution in [0.25, 0.3) is 0 Å². The Balaban J connectivity index is 1.63. The van der Waals surface area contributed by atoms with Crippen LogP contribution < -0.4 is 15.4 Å². The summed E-state index contributed by atoms with van der Waals surface area (Å²) < 4.78 is 29.2. The normalized spacial score (nSPS) is 18.5. The van der Waals surface area contributed by atoms with Crippen molar-refractivity contribution >= 4 is 44.7 Å². The van der Waals surface area contributed by atoms with Gasteiger partial charge in [-0.3, -0.25) is 4.72 Å². The van der Waals surface area contributed by atoms with Crippen molar-refractivity contribution in [3.63, 3.8) is 0 Å². The van der Waals surface area contributed by atoms with Gasteiger partial charge in [-0.2, -0.15) is 0 Å². The number of anilines is 2. The van der Waals surface area contributed by atoms with Gasteiger partial charge in [0, 0.05) is 18.1 Å². The third-order valence-electron chi connectivity index (χ3n) is 3.86. The summed E-state index contributed by atoms with van der Waals surface area (Å²) in [6.07, 6.45) is 3.76. The molecule has 130 valence electrons. The zero-order chi connectivity index (χ0) is 16.9. The number of hydrogen-bond donors (Lipinski definition) is 3. The highest BCUT2D eigenvalue weighted by Gasteiger charge is 2.17. The zero-order valence-corrected chi connectivity index (χ0v) is 15.2. The van der Waals surface area contributed by atoms with E-state index in [2.05, 4.69) is 20.3 Å². The van der Waals surface area contributed by atoms with Crippen molar-refractivity contribution in [1.29, 1.82) is 0 Å². The summed E-state index contributed by atoms with van der Waals surface area (Å²) in [4.78, 5) is 3.99. The van der Waals surface area contributed by atoms with Gasteiger partial charge in [-0.1, -0.05) is 11.6 Å². The van der Waals surface area contributed by atoms with Gasteiger partial charge in [-0.15, -0.1) is 11.3 Å². The van der Waals surface area contributed by atoms with Gasteiger partial charge < -0.3 is 10.6 Å². The Morgan fingerprint density at radius 1 is 1.50 bits per heavy atom. The Kier molecular flexibility index (Phi) is 6.04. The first-order valence-corrected chi connectivity index (χ1v) is 10.1. The van der Waals surface area contributed by atoms with Crippen LogP contribution in [-0.4, -0.2) is 28.8 Å². The predicted octanol–water partition coefficient (Wildman–Crippen LogP) is 3.48. The van der Waals surface area contributed by atoms with Crippen molar-refractivity contribution in [2.75, 3.05) is 29.7 Å². The smallest absolute Gasteiger partial charge is 0.194 e. The molecule has 3 N–H and O–H groups in total. The lowest BCUT2D eigenvalue weighted by Crippen LogP contribution is -2.13. The predicted molar refractivity (Wildman–Crippen MR) is 97.6 cm³/mol. The van der Waals surface area contributed by atoms with E-state index in [0.717, 1.165) is 26.1 Å². The number of thiazole rings is 1. The standard InChI is InChI=1S/C15H18ClFN4OS2/c16-11-7-14(24(22)21-15-20-5-6-23-15)12(17)8-13(11)19-4-2-10-1-3-18-9-10/h5-8,10,18-19H,1-4,9H2,(H,20,21). The molecule has 0 saturated carbocycles. The zero-order valence-electron chi connectivity index (χ0n) is 12.9. The van der Waals surface area contributed by atoms with Gasteiger partial charge >= 0.3 is 0 Å². The average Bonchev–Trinajstić information content (AvgIpc) is 3.24. The number of aromatic nitrogens is 1. The molecule has 1 aliphatic heterocycles. The topological polar surface area (TPSA) is 66.0 Å². The molecule has 3 rings (SSSR count). The lowest BCUT2D eigenvalue weighted by atomic mass is 10.1. The molecule has 2 atom stereocenters. The molecule has 2 heterocycles. The highest BCUT2D eigenvalue weighted by atomic mass is 35.5. The van der Waals surface area contributed by atoms with Gasteiger partial charge in [-0.05, 0) is 44.0 Å². The Hall–Kier alpha value is -1.22. The fourth-order valence-electron chi connectivity index (χ4n) is 2.59. The van der Waals surface area contributed by atoms with E-state index in [1.807, 2.05) is 0 Å². The maximum absolute atomic E-state index is 14.3. The van der Waals surface area contributed by atoms with E-state index in [1.54, 1.807) is 11.6 Å². The van der Waals surface area contributed by atoms with E-state index in [1.165, 1.54) is 29.9 Å². The summed E-state index contributed by atoms with van der Waals surface area (Å²) in [5, 5.41) is 9.05. The van der Waals surface area contributed by atoms with Crippen LogP contribution >= 0.6 is 22.9 Å². The van der Waals surface area contributed by atoms with E-state index in [0.29, 0.717) is 21.8 Å². The molecule has 2 unspecified atom stereocenters. The van der Waals surface area contributed by atoms with Gasteiger partial charge in [0.15, 0.2) is 16.1 Å². The molecule has 1 aromatic heterocycles. The van der Waals surface area contributed by atoms with Crippen molar-refractivity contribution in [2.45, 2.75) is 17.7 Å². The minimum absolute atomic E-state index is 0.0146. The molecule has 0 amide bonds. The molecule has 1 saturated heterocycles. The number of hydrogen-bond acceptors (Lipinski definition) is 5. The highest BCUT2D eigenvalue weighted by Crippen LogP contribution is 2.28. The maximum atomic E-state index is 14.3. The van der Waals surface area contributed by atoms with Gasteiger partial charge in [0.25, 0.3) is 0 Å². The molecule has 1 aromatic carbocycles. The molecule has 0 bridgehead atoms. The first-order chi connectivity index (χ1) is 11.6. The van der Waals surface area contributed by atoms with E-state index in [9.17, 15) is 8.60 Å². The molecule has 0 aliphatic carbocycles. The van der Waals surface area contributed by atoms with E-state index in [4.69, 9.17) is 11.6 Å². The summed E-state index contributed by atoms with van der Waals surface area (Å²) in [6, 6.07) is 2.69. The van der Waals surface area contributed by atoms with E-state index >= 15 is 0 Å². The summed E-state index contributed by atoms with van der Waals surface area (Å²) in [5.74, 6) is 0.0854. The Morgan fingerprint density at radius 3 is 3.08 bits per heavy atom. The molecule has 5 nitrogen and oxygen atoms in total. The Labute approximate surface area is 151 Å². The molecule has 9 heteroatoms. The van der Waals surface area contributed by atoms with Gasteiger partial charge in [-0.25, -0.2) is 13.6 Å². The molecule has 24 heavy (non-hydrogen) atoms. The summed E-state index contributed by atoms with van der Waals surface area (Å²) in [7, 11) is -1.75. The summed E-state index contributed by atoms with van der Waals surface area (Å²) in [5.41, 5.74) is 0.523. The minimum atomic E-state index is -1.75. The second kappa shape index (κ2) is 8.24. The van der Waals surface area contributed by atoms with Crippen LogP contribution in [0.15, 0.2) is 28.6 Å². The quantitative estimate of drug-likeness (QED) is 0.679. The lowest BCUT2D eigenvalue weighted by Gasteiger charge is -2.13.